The Morgan fingerprint density at radius 1 is 1.27 bits per heavy atom. The van der Waals surface area contributed by atoms with Crippen LogP contribution in [0.2, 0.25) is 0 Å². The zero-order chi connectivity index (χ0) is 18.1. The SMILES string of the molecule is C[C@@H]1CN(c2ccc(C#N)c3ncccc23)C[C@@H](CN2CCC[C@@H]2C)O1. The van der Waals surface area contributed by atoms with Crippen molar-refractivity contribution in [2.24, 2.45) is 0 Å². The highest BCUT2D eigenvalue weighted by atomic mass is 16.5. The maximum atomic E-state index is 9.38. The lowest BCUT2D eigenvalue weighted by Crippen LogP contribution is -2.51. The first kappa shape index (κ1) is 17.3. The number of pyridine rings is 1. The fourth-order valence-corrected chi connectivity index (χ4v) is 4.39. The van der Waals surface area contributed by atoms with Gasteiger partial charge < -0.3 is 9.64 Å². The predicted molar refractivity (Wildman–Crippen MR) is 103 cm³/mol. The van der Waals surface area contributed by atoms with Crippen LogP contribution in [0, 0.1) is 11.3 Å². The number of nitriles is 1. The van der Waals surface area contributed by atoms with Crippen LogP contribution < -0.4 is 4.90 Å². The monoisotopic (exact) mass is 350 g/mol. The highest BCUT2D eigenvalue weighted by molar-refractivity contribution is 5.95. The molecule has 0 aliphatic carbocycles. The van der Waals surface area contributed by atoms with Crippen LogP contribution in [0.25, 0.3) is 10.9 Å². The summed E-state index contributed by atoms with van der Waals surface area (Å²) in [7, 11) is 0. The number of likely N-dealkylation sites (tertiary alicyclic amines) is 1. The first-order valence-corrected chi connectivity index (χ1v) is 9.58. The number of aromatic nitrogens is 1. The van der Waals surface area contributed by atoms with Crippen LogP contribution >= 0.6 is 0 Å². The van der Waals surface area contributed by atoms with Crippen LogP contribution in [0.5, 0.6) is 0 Å². The number of benzene rings is 1. The number of ether oxygens (including phenoxy) is 1. The Hall–Kier alpha value is -2.16. The summed E-state index contributed by atoms with van der Waals surface area (Å²) in [4.78, 5) is 9.41. The third-order valence-electron chi connectivity index (χ3n) is 5.66. The minimum atomic E-state index is 0.189. The Morgan fingerprint density at radius 2 is 2.15 bits per heavy atom. The summed E-state index contributed by atoms with van der Waals surface area (Å²) < 4.78 is 6.25. The van der Waals surface area contributed by atoms with E-state index in [4.69, 9.17) is 4.74 Å². The van der Waals surface area contributed by atoms with Crippen molar-refractivity contribution in [1.29, 1.82) is 5.26 Å². The van der Waals surface area contributed by atoms with Crippen molar-refractivity contribution in [3.8, 4) is 6.07 Å². The van der Waals surface area contributed by atoms with Gasteiger partial charge in [0.15, 0.2) is 0 Å². The van der Waals surface area contributed by atoms with Crippen LogP contribution in [-0.4, -0.2) is 54.3 Å². The van der Waals surface area contributed by atoms with E-state index in [0.717, 1.165) is 36.2 Å². The summed E-state index contributed by atoms with van der Waals surface area (Å²) in [6.07, 6.45) is 4.74. The molecular weight excluding hydrogens is 324 g/mol. The Labute approximate surface area is 155 Å². The number of anilines is 1. The summed E-state index contributed by atoms with van der Waals surface area (Å²) in [5, 5.41) is 10.4. The van der Waals surface area contributed by atoms with E-state index in [-0.39, 0.29) is 12.2 Å². The molecule has 136 valence electrons. The lowest BCUT2D eigenvalue weighted by molar-refractivity contribution is -0.0331. The Kier molecular flexibility index (Phi) is 4.80. The number of morpholine rings is 1. The zero-order valence-electron chi connectivity index (χ0n) is 15.6. The molecule has 0 amide bonds. The molecule has 0 unspecified atom stereocenters. The van der Waals surface area contributed by atoms with Crippen molar-refractivity contribution in [2.75, 3.05) is 31.1 Å². The molecule has 5 heteroatoms. The van der Waals surface area contributed by atoms with Gasteiger partial charge in [0.1, 0.15) is 6.07 Å². The lowest BCUT2D eigenvalue weighted by Gasteiger charge is -2.40. The molecule has 1 aromatic heterocycles. The van der Waals surface area contributed by atoms with Crippen molar-refractivity contribution < 1.29 is 4.74 Å². The fourth-order valence-electron chi connectivity index (χ4n) is 4.39. The standard InChI is InChI=1S/C21H26N4O/c1-15-5-4-10-24(15)13-18-14-25(12-16(2)26-18)20-8-7-17(11-22)21-19(20)6-3-9-23-21/h3,6-9,15-16,18H,4-5,10,12-14H2,1-2H3/t15-,16+,18+/m0/s1. The first-order valence-electron chi connectivity index (χ1n) is 9.58. The van der Waals surface area contributed by atoms with Gasteiger partial charge in [-0.15, -0.1) is 0 Å². The molecule has 0 bridgehead atoms. The van der Waals surface area contributed by atoms with Crippen molar-refractivity contribution >= 4 is 16.6 Å². The van der Waals surface area contributed by atoms with E-state index < -0.39 is 0 Å². The zero-order valence-corrected chi connectivity index (χ0v) is 15.6. The fraction of sp³-hybridized carbons (Fsp3) is 0.524. The molecule has 0 saturated carbocycles. The molecule has 0 spiro atoms. The van der Waals surface area contributed by atoms with E-state index in [1.807, 2.05) is 12.1 Å². The first-order chi connectivity index (χ1) is 12.7. The number of hydrogen-bond acceptors (Lipinski definition) is 5. The van der Waals surface area contributed by atoms with Crippen molar-refractivity contribution in [3.05, 3.63) is 36.0 Å². The van der Waals surface area contributed by atoms with Gasteiger partial charge in [0.05, 0.1) is 23.3 Å². The number of hydrogen-bond donors (Lipinski definition) is 0. The molecule has 2 fully saturated rings. The molecule has 2 aliphatic rings. The highest BCUT2D eigenvalue weighted by Gasteiger charge is 2.30. The molecule has 3 heterocycles. The molecule has 2 aliphatic heterocycles. The average Bonchev–Trinajstić information content (AvgIpc) is 3.05. The van der Waals surface area contributed by atoms with Crippen LogP contribution in [0.4, 0.5) is 5.69 Å². The maximum Gasteiger partial charge on any atom is 0.101 e. The van der Waals surface area contributed by atoms with Crippen LogP contribution in [-0.2, 0) is 4.74 Å². The molecule has 26 heavy (non-hydrogen) atoms. The summed E-state index contributed by atoms with van der Waals surface area (Å²) >= 11 is 0. The average molecular weight is 350 g/mol. The third-order valence-corrected chi connectivity index (χ3v) is 5.66. The number of fused-ring (bicyclic) bond motifs is 1. The Morgan fingerprint density at radius 3 is 2.92 bits per heavy atom. The van der Waals surface area contributed by atoms with Gasteiger partial charge in [-0.3, -0.25) is 9.88 Å². The molecule has 2 aromatic rings. The number of nitrogens with zero attached hydrogens (tertiary/aromatic N) is 4. The largest absolute Gasteiger partial charge is 0.370 e. The normalized spacial score (nSPS) is 27.0. The highest BCUT2D eigenvalue weighted by Crippen LogP contribution is 2.30. The predicted octanol–water partition coefficient (Wildman–Crippen LogP) is 3.18. The summed E-state index contributed by atoms with van der Waals surface area (Å²) in [5.74, 6) is 0. The van der Waals surface area contributed by atoms with Gasteiger partial charge in [-0.2, -0.15) is 5.26 Å². The molecule has 1 aromatic carbocycles. The Bertz CT molecular complexity index is 830. The second-order valence-electron chi connectivity index (χ2n) is 7.60. The maximum absolute atomic E-state index is 9.38. The van der Waals surface area contributed by atoms with Crippen molar-refractivity contribution in [2.45, 2.75) is 44.9 Å². The second kappa shape index (κ2) is 7.22. The molecule has 4 rings (SSSR count). The lowest BCUT2D eigenvalue weighted by atomic mass is 10.1. The van der Waals surface area contributed by atoms with Gasteiger partial charge in [-0.1, -0.05) is 0 Å². The second-order valence-corrected chi connectivity index (χ2v) is 7.60. The molecule has 0 N–H and O–H groups in total. The van der Waals surface area contributed by atoms with E-state index in [1.54, 1.807) is 6.20 Å². The van der Waals surface area contributed by atoms with E-state index >= 15 is 0 Å². The quantitative estimate of drug-likeness (QED) is 0.851. The van der Waals surface area contributed by atoms with E-state index in [0.29, 0.717) is 11.6 Å². The Balaban J connectivity index is 1.61. The molecular formula is C21H26N4O. The summed E-state index contributed by atoms with van der Waals surface area (Å²) in [6.45, 7) is 8.38. The smallest absolute Gasteiger partial charge is 0.101 e. The minimum Gasteiger partial charge on any atom is -0.370 e. The van der Waals surface area contributed by atoms with Gasteiger partial charge >= 0.3 is 0 Å². The minimum absolute atomic E-state index is 0.189. The van der Waals surface area contributed by atoms with Crippen molar-refractivity contribution in [1.82, 2.24) is 9.88 Å². The number of rotatable bonds is 3. The van der Waals surface area contributed by atoms with Gasteiger partial charge in [0.2, 0.25) is 0 Å². The van der Waals surface area contributed by atoms with Crippen molar-refractivity contribution in [3.63, 3.8) is 0 Å². The molecule has 2 saturated heterocycles. The van der Waals surface area contributed by atoms with E-state index in [2.05, 4.69) is 46.8 Å². The van der Waals surface area contributed by atoms with E-state index in [1.165, 1.54) is 19.4 Å². The van der Waals surface area contributed by atoms with Crippen LogP contribution in [0.15, 0.2) is 30.5 Å². The topological polar surface area (TPSA) is 52.4 Å². The molecule has 3 atom stereocenters. The van der Waals surface area contributed by atoms with Crippen LogP contribution in [0.1, 0.15) is 32.3 Å². The molecule has 0 radical (unpaired) electrons. The summed E-state index contributed by atoms with van der Waals surface area (Å²) in [5.41, 5.74) is 2.58. The molecule has 5 nitrogen and oxygen atoms in total. The summed E-state index contributed by atoms with van der Waals surface area (Å²) in [6, 6.07) is 10.9. The van der Waals surface area contributed by atoms with Gasteiger partial charge in [0, 0.05) is 42.9 Å². The van der Waals surface area contributed by atoms with Crippen LogP contribution in [0.3, 0.4) is 0 Å². The van der Waals surface area contributed by atoms with Gasteiger partial charge in [-0.05, 0) is 57.5 Å². The van der Waals surface area contributed by atoms with Gasteiger partial charge in [0.25, 0.3) is 0 Å². The third kappa shape index (κ3) is 3.27. The van der Waals surface area contributed by atoms with Gasteiger partial charge in [-0.25, -0.2) is 0 Å². The van der Waals surface area contributed by atoms with E-state index in [9.17, 15) is 5.26 Å².